The van der Waals surface area contributed by atoms with Crippen molar-refractivity contribution in [3.63, 3.8) is 0 Å². The fourth-order valence-corrected chi connectivity index (χ4v) is 2.92. The summed E-state index contributed by atoms with van der Waals surface area (Å²) in [5, 5.41) is 8.69. The summed E-state index contributed by atoms with van der Waals surface area (Å²) in [6, 6.07) is 0.0923. The predicted molar refractivity (Wildman–Crippen MR) is 77.3 cm³/mol. The lowest BCUT2D eigenvalue weighted by atomic mass is 10.1. The highest BCUT2D eigenvalue weighted by Crippen LogP contribution is 2.15. The van der Waals surface area contributed by atoms with Gasteiger partial charge in [0, 0.05) is 52.9 Å². The van der Waals surface area contributed by atoms with Crippen LogP contribution in [0.15, 0.2) is 0 Å². The lowest BCUT2D eigenvalue weighted by Crippen LogP contribution is -2.55. The molecule has 21 heavy (non-hydrogen) atoms. The van der Waals surface area contributed by atoms with Gasteiger partial charge in [-0.05, 0) is 12.8 Å². The summed E-state index contributed by atoms with van der Waals surface area (Å²) in [5.74, 6) is -0.771. The number of carbonyl (C=O) groups is 2. The van der Waals surface area contributed by atoms with E-state index in [1.807, 2.05) is 9.80 Å². The smallest absolute Gasteiger partial charge is 0.320 e. The number of hydrogen-bond donors (Lipinski definition) is 1. The van der Waals surface area contributed by atoms with Gasteiger partial charge in [0.05, 0.1) is 12.5 Å². The summed E-state index contributed by atoms with van der Waals surface area (Å²) in [6.45, 7) is 4.89. The summed E-state index contributed by atoms with van der Waals surface area (Å²) in [7, 11) is 1.69. The van der Waals surface area contributed by atoms with Crippen molar-refractivity contribution in [2.45, 2.75) is 25.4 Å². The highest BCUT2D eigenvalue weighted by Gasteiger charge is 2.29. The van der Waals surface area contributed by atoms with Crippen LogP contribution in [0.5, 0.6) is 0 Å². The zero-order valence-corrected chi connectivity index (χ0v) is 12.7. The molecule has 2 aliphatic rings. The molecule has 2 aliphatic heterocycles. The van der Waals surface area contributed by atoms with Crippen LogP contribution in [0.2, 0.25) is 0 Å². The molecule has 2 saturated heterocycles. The first-order valence-electron chi connectivity index (χ1n) is 7.61. The van der Waals surface area contributed by atoms with Gasteiger partial charge >= 0.3 is 12.0 Å². The topological polar surface area (TPSA) is 73.3 Å². The van der Waals surface area contributed by atoms with Crippen LogP contribution >= 0.6 is 0 Å². The first-order chi connectivity index (χ1) is 10.1. The predicted octanol–water partition coefficient (Wildman–Crippen LogP) is 0.310. The molecule has 0 spiro atoms. The number of rotatable bonds is 4. The molecule has 7 nitrogen and oxygen atoms in total. The summed E-state index contributed by atoms with van der Waals surface area (Å²) in [6.07, 6.45) is 2.32. The van der Waals surface area contributed by atoms with E-state index < -0.39 is 5.97 Å². The minimum atomic E-state index is -0.771. The van der Waals surface area contributed by atoms with Gasteiger partial charge < -0.3 is 19.6 Å². The van der Waals surface area contributed by atoms with Crippen molar-refractivity contribution in [1.82, 2.24) is 14.7 Å². The van der Waals surface area contributed by atoms with Crippen LogP contribution in [0.4, 0.5) is 4.79 Å². The molecule has 2 fully saturated rings. The van der Waals surface area contributed by atoms with Gasteiger partial charge in [-0.2, -0.15) is 0 Å². The van der Waals surface area contributed by atoms with Gasteiger partial charge in [-0.25, -0.2) is 4.79 Å². The Morgan fingerprint density at radius 3 is 2.48 bits per heavy atom. The number of carboxylic acids is 1. The molecule has 0 aliphatic carbocycles. The molecule has 0 aromatic rings. The maximum atomic E-state index is 12.5. The second-order valence-electron chi connectivity index (χ2n) is 5.70. The number of amides is 2. The second-order valence-corrected chi connectivity index (χ2v) is 5.70. The maximum absolute atomic E-state index is 12.5. The van der Waals surface area contributed by atoms with E-state index in [2.05, 4.69) is 4.90 Å². The summed E-state index contributed by atoms with van der Waals surface area (Å²) >= 11 is 0. The van der Waals surface area contributed by atoms with Gasteiger partial charge in [-0.3, -0.25) is 9.69 Å². The normalized spacial score (nSPS) is 24.1. The zero-order valence-electron chi connectivity index (χ0n) is 12.7. The van der Waals surface area contributed by atoms with Crippen molar-refractivity contribution >= 4 is 12.0 Å². The van der Waals surface area contributed by atoms with Crippen LogP contribution in [-0.2, 0) is 9.53 Å². The van der Waals surface area contributed by atoms with Crippen LogP contribution in [-0.4, -0.2) is 90.8 Å². The molecule has 1 atom stereocenters. The molecular formula is C14H25N3O4. The van der Waals surface area contributed by atoms with Gasteiger partial charge in [-0.1, -0.05) is 0 Å². The Labute approximate surface area is 125 Å². The lowest BCUT2D eigenvalue weighted by molar-refractivity contribution is -0.137. The molecule has 0 aromatic carbocycles. The average molecular weight is 299 g/mol. The summed E-state index contributed by atoms with van der Waals surface area (Å²) in [5.41, 5.74) is 0. The molecule has 120 valence electrons. The molecule has 2 amide bonds. The van der Waals surface area contributed by atoms with Gasteiger partial charge in [0.1, 0.15) is 0 Å². The Balaban J connectivity index is 1.76. The molecule has 7 heteroatoms. The van der Waals surface area contributed by atoms with E-state index in [0.29, 0.717) is 26.2 Å². The molecule has 0 saturated carbocycles. The Kier molecular flexibility index (Phi) is 5.81. The monoisotopic (exact) mass is 299 g/mol. The molecule has 0 aromatic heterocycles. The van der Waals surface area contributed by atoms with E-state index in [0.717, 1.165) is 32.5 Å². The Hall–Kier alpha value is -1.34. The van der Waals surface area contributed by atoms with Gasteiger partial charge in [0.25, 0.3) is 0 Å². The van der Waals surface area contributed by atoms with Gasteiger partial charge in [-0.15, -0.1) is 0 Å². The van der Waals surface area contributed by atoms with Crippen LogP contribution in [0.1, 0.15) is 19.3 Å². The third kappa shape index (κ3) is 4.57. The number of piperazine rings is 1. The number of likely N-dealkylation sites (tertiary alicyclic amines) is 1. The third-order valence-corrected chi connectivity index (χ3v) is 4.27. The quantitative estimate of drug-likeness (QED) is 0.809. The minimum Gasteiger partial charge on any atom is -0.481 e. The lowest BCUT2D eigenvalue weighted by Gasteiger charge is -2.39. The number of piperidine rings is 1. The summed E-state index contributed by atoms with van der Waals surface area (Å²) < 4.78 is 5.35. The molecule has 1 unspecified atom stereocenters. The number of hydrogen-bond acceptors (Lipinski definition) is 4. The largest absolute Gasteiger partial charge is 0.481 e. The summed E-state index contributed by atoms with van der Waals surface area (Å²) in [4.78, 5) is 28.9. The number of ether oxygens (including phenoxy) is 1. The molecule has 2 rings (SSSR count). The Bertz CT molecular complexity index is 369. The van der Waals surface area contributed by atoms with Crippen LogP contribution in [0.25, 0.3) is 0 Å². The van der Waals surface area contributed by atoms with E-state index in [1.54, 1.807) is 7.11 Å². The highest BCUT2D eigenvalue weighted by atomic mass is 16.5. The number of aliphatic carboxylic acids is 1. The molecule has 0 radical (unpaired) electrons. The van der Waals surface area contributed by atoms with Crippen LogP contribution in [0.3, 0.4) is 0 Å². The fourth-order valence-electron chi connectivity index (χ4n) is 2.92. The molecular weight excluding hydrogens is 274 g/mol. The zero-order chi connectivity index (χ0) is 15.2. The number of nitrogens with zero attached hydrogens (tertiary/aromatic N) is 3. The van der Waals surface area contributed by atoms with Crippen molar-refractivity contribution < 1.29 is 19.4 Å². The van der Waals surface area contributed by atoms with Crippen molar-refractivity contribution in [2.24, 2.45) is 0 Å². The number of carbonyl (C=O) groups excluding carboxylic acids is 1. The Morgan fingerprint density at radius 2 is 1.86 bits per heavy atom. The standard InChI is InChI=1S/C14H25N3O4/c1-21-12-3-2-5-17(11-12)14(20)16-9-7-15(8-10-16)6-4-13(18)19/h12H,2-11H2,1H3,(H,18,19). The SMILES string of the molecule is COC1CCCN(C(=O)N2CCN(CCC(=O)O)CC2)C1. The van der Waals surface area contributed by atoms with Crippen LogP contribution < -0.4 is 0 Å². The van der Waals surface area contributed by atoms with Crippen molar-refractivity contribution in [1.29, 1.82) is 0 Å². The number of methoxy groups -OCH3 is 1. The second kappa shape index (κ2) is 7.61. The third-order valence-electron chi connectivity index (χ3n) is 4.27. The fraction of sp³-hybridized carbons (Fsp3) is 0.857. The van der Waals surface area contributed by atoms with E-state index >= 15 is 0 Å². The van der Waals surface area contributed by atoms with Gasteiger partial charge in [0.15, 0.2) is 0 Å². The minimum absolute atomic E-state index is 0.0923. The van der Waals surface area contributed by atoms with Gasteiger partial charge in [0.2, 0.25) is 0 Å². The number of carboxylic acid groups (broad SMARTS) is 1. The first kappa shape index (κ1) is 16.0. The van der Waals surface area contributed by atoms with E-state index in [1.165, 1.54) is 0 Å². The molecule has 0 bridgehead atoms. The molecule has 2 heterocycles. The van der Waals surface area contributed by atoms with Crippen LogP contribution in [0, 0.1) is 0 Å². The molecule has 1 N–H and O–H groups in total. The average Bonchev–Trinajstić information content (AvgIpc) is 2.52. The number of urea groups is 1. The van der Waals surface area contributed by atoms with Crippen molar-refractivity contribution in [2.75, 3.05) is 52.9 Å². The highest BCUT2D eigenvalue weighted by molar-refractivity contribution is 5.74. The van der Waals surface area contributed by atoms with Crippen molar-refractivity contribution in [3.8, 4) is 0 Å². The first-order valence-corrected chi connectivity index (χ1v) is 7.61. The van der Waals surface area contributed by atoms with E-state index in [-0.39, 0.29) is 18.6 Å². The van der Waals surface area contributed by atoms with E-state index in [9.17, 15) is 9.59 Å². The Morgan fingerprint density at radius 1 is 1.14 bits per heavy atom. The maximum Gasteiger partial charge on any atom is 0.320 e. The van der Waals surface area contributed by atoms with E-state index in [4.69, 9.17) is 9.84 Å². The van der Waals surface area contributed by atoms with Crippen molar-refractivity contribution in [3.05, 3.63) is 0 Å².